The molecular formula is C20H21ClN2O2. The molecule has 3 rings (SSSR count). The zero-order valence-electron chi connectivity index (χ0n) is 14.4. The van der Waals surface area contributed by atoms with E-state index < -0.39 is 6.04 Å². The third-order valence-electron chi connectivity index (χ3n) is 4.37. The summed E-state index contributed by atoms with van der Waals surface area (Å²) < 4.78 is 0. The van der Waals surface area contributed by atoms with Gasteiger partial charge in [-0.15, -0.1) is 0 Å². The number of hydrogen-bond donors (Lipinski definition) is 1. The van der Waals surface area contributed by atoms with E-state index in [1.54, 1.807) is 11.0 Å². The Morgan fingerprint density at radius 2 is 1.88 bits per heavy atom. The minimum absolute atomic E-state index is 0.0579. The fraction of sp³-hybridized carbons (Fsp3) is 0.300. The summed E-state index contributed by atoms with van der Waals surface area (Å²) in [7, 11) is 0. The van der Waals surface area contributed by atoms with Crippen molar-refractivity contribution in [1.82, 2.24) is 5.32 Å². The normalized spacial score (nSPS) is 17.0. The number of carbonyl (C=O) groups is 2. The summed E-state index contributed by atoms with van der Waals surface area (Å²) in [5.41, 5.74) is 3.90. The van der Waals surface area contributed by atoms with Crippen LogP contribution in [0.5, 0.6) is 0 Å². The highest BCUT2D eigenvalue weighted by atomic mass is 35.5. The molecule has 0 aliphatic carbocycles. The maximum Gasteiger partial charge on any atom is 0.249 e. The van der Waals surface area contributed by atoms with Crippen molar-refractivity contribution in [2.24, 2.45) is 0 Å². The number of carbonyl (C=O) groups excluding carboxylic acids is 2. The average molecular weight is 357 g/mol. The van der Waals surface area contributed by atoms with Gasteiger partial charge < -0.3 is 10.2 Å². The molecule has 1 aliphatic rings. The molecule has 130 valence electrons. The lowest BCUT2D eigenvalue weighted by molar-refractivity contribution is -0.126. The first kappa shape index (κ1) is 17.5. The number of amides is 2. The van der Waals surface area contributed by atoms with E-state index in [4.69, 9.17) is 11.6 Å². The number of halogens is 1. The number of nitrogens with zero attached hydrogens (tertiary/aromatic N) is 1. The molecule has 5 heteroatoms. The molecule has 0 saturated carbocycles. The van der Waals surface area contributed by atoms with Gasteiger partial charge in [0.2, 0.25) is 11.8 Å². The molecule has 0 aromatic heterocycles. The molecular weight excluding hydrogens is 336 g/mol. The van der Waals surface area contributed by atoms with Crippen LogP contribution in [0, 0.1) is 13.8 Å². The fourth-order valence-corrected chi connectivity index (χ4v) is 3.44. The van der Waals surface area contributed by atoms with E-state index >= 15 is 0 Å². The minimum atomic E-state index is -0.476. The summed E-state index contributed by atoms with van der Waals surface area (Å²) in [4.78, 5) is 26.7. The van der Waals surface area contributed by atoms with Gasteiger partial charge in [0, 0.05) is 17.3 Å². The molecule has 1 aliphatic heterocycles. The number of anilines is 1. The molecule has 0 spiro atoms. The molecule has 0 radical (unpaired) electrons. The zero-order chi connectivity index (χ0) is 18.0. The summed E-state index contributed by atoms with van der Waals surface area (Å²) in [5.74, 6) is -0.244. The van der Waals surface area contributed by atoms with Crippen molar-refractivity contribution in [3.05, 3.63) is 64.2 Å². The lowest BCUT2D eigenvalue weighted by Crippen LogP contribution is -2.42. The molecule has 2 aromatic carbocycles. The third kappa shape index (κ3) is 4.02. The molecule has 1 N–H and O–H groups in total. The van der Waals surface area contributed by atoms with Crippen LogP contribution in [-0.4, -0.2) is 24.4 Å². The van der Waals surface area contributed by atoms with Crippen LogP contribution in [0.4, 0.5) is 5.69 Å². The van der Waals surface area contributed by atoms with E-state index in [2.05, 4.69) is 11.4 Å². The van der Waals surface area contributed by atoms with E-state index in [-0.39, 0.29) is 18.2 Å². The van der Waals surface area contributed by atoms with Gasteiger partial charge in [0.25, 0.3) is 0 Å². The minimum Gasteiger partial charge on any atom is -0.344 e. The Kier molecular flexibility index (Phi) is 5.09. The van der Waals surface area contributed by atoms with Crippen LogP contribution in [-0.2, 0) is 16.0 Å². The van der Waals surface area contributed by atoms with E-state index in [0.29, 0.717) is 18.0 Å². The van der Waals surface area contributed by atoms with Crippen LogP contribution < -0.4 is 10.2 Å². The first-order chi connectivity index (χ1) is 11.9. The first-order valence-electron chi connectivity index (χ1n) is 8.36. The number of rotatable bonds is 4. The molecule has 0 unspecified atom stereocenters. The topological polar surface area (TPSA) is 49.4 Å². The van der Waals surface area contributed by atoms with E-state index in [0.717, 1.165) is 22.4 Å². The van der Waals surface area contributed by atoms with E-state index in [9.17, 15) is 9.59 Å². The molecule has 2 amide bonds. The largest absolute Gasteiger partial charge is 0.344 e. The van der Waals surface area contributed by atoms with Crippen LogP contribution in [0.2, 0.25) is 5.02 Å². The third-order valence-corrected chi connectivity index (χ3v) is 4.74. The molecule has 4 nitrogen and oxygen atoms in total. The number of aryl methyl sites for hydroxylation is 2. The van der Waals surface area contributed by atoms with Crippen LogP contribution in [0.1, 0.15) is 23.1 Å². The molecule has 25 heavy (non-hydrogen) atoms. The van der Waals surface area contributed by atoms with Gasteiger partial charge in [0.05, 0.1) is 6.42 Å². The molecule has 2 aromatic rings. The van der Waals surface area contributed by atoms with Crippen LogP contribution in [0.25, 0.3) is 0 Å². The smallest absolute Gasteiger partial charge is 0.249 e. The zero-order valence-corrected chi connectivity index (χ0v) is 15.1. The fourth-order valence-electron chi connectivity index (χ4n) is 3.24. The van der Waals surface area contributed by atoms with Crippen molar-refractivity contribution in [2.45, 2.75) is 32.7 Å². The van der Waals surface area contributed by atoms with Crippen LogP contribution in [0.15, 0.2) is 42.5 Å². The van der Waals surface area contributed by atoms with Gasteiger partial charge in [-0.05, 0) is 55.2 Å². The number of hydrogen-bond acceptors (Lipinski definition) is 2. The summed E-state index contributed by atoms with van der Waals surface area (Å²) in [6, 6.07) is 12.8. The summed E-state index contributed by atoms with van der Waals surface area (Å²) in [5, 5.41) is 3.41. The van der Waals surface area contributed by atoms with Crippen molar-refractivity contribution in [2.75, 3.05) is 11.4 Å². The van der Waals surface area contributed by atoms with Gasteiger partial charge in [0.15, 0.2) is 0 Å². The summed E-state index contributed by atoms with van der Waals surface area (Å²) in [6.07, 6.45) is 0.785. The SMILES string of the molecule is Cc1cc(C)cc(N2CC[C@H](NC(=O)Cc3ccccc3Cl)C2=O)c1. The second-order valence-corrected chi connectivity index (χ2v) is 6.92. The van der Waals surface area contributed by atoms with Crippen molar-refractivity contribution in [1.29, 1.82) is 0 Å². The molecule has 1 fully saturated rings. The quantitative estimate of drug-likeness (QED) is 0.912. The average Bonchev–Trinajstić information content (AvgIpc) is 2.89. The maximum atomic E-state index is 12.7. The van der Waals surface area contributed by atoms with Gasteiger partial charge in [-0.3, -0.25) is 9.59 Å². The molecule has 1 saturated heterocycles. The lowest BCUT2D eigenvalue weighted by atomic mass is 10.1. The Morgan fingerprint density at radius 3 is 2.56 bits per heavy atom. The predicted molar refractivity (Wildman–Crippen MR) is 100.0 cm³/mol. The monoisotopic (exact) mass is 356 g/mol. The van der Waals surface area contributed by atoms with Crippen molar-refractivity contribution in [3.8, 4) is 0 Å². The Labute approximate surface area is 152 Å². The Bertz CT molecular complexity index is 799. The van der Waals surface area contributed by atoms with Crippen LogP contribution in [0.3, 0.4) is 0 Å². The van der Waals surface area contributed by atoms with Gasteiger partial charge in [0.1, 0.15) is 6.04 Å². The van der Waals surface area contributed by atoms with Crippen molar-refractivity contribution >= 4 is 29.1 Å². The van der Waals surface area contributed by atoms with E-state index in [1.165, 1.54) is 0 Å². The lowest BCUT2D eigenvalue weighted by Gasteiger charge is -2.18. The Hall–Kier alpha value is -2.33. The molecule has 1 heterocycles. The Morgan fingerprint density at radius 1 is 1.20 bits per heavy atom. The standard InChI is InChI=1S/C20H21ClN2O2/c1-13-9-14(2)11-16(10-13)23-8-7-18(20(23)25)22-19(24)12-15-5-3-4-6-17(15)21/h3-6,9-11,18H,7-8,12H2,1-2H3,(H,22,24)/t18-/m0/s1. The number of benzene rings is 2. The first-order valence-corrected chi connectivity index (χ1v) is 8.74. The van der Waals surface area contributed by atoms with Gasteiger partial charge in [-0.2, -0.15) is 0 Å². The molecule has 0 bridgehead atoms. The van der Waals surface area contributed by atoms with E-state index in [1.807, 2.05) is 44.2 Å². The summed E-state index contributed by atoms with van der Waals surface area (Å²) >= 11 is 6.09. The van der Waals surface area contributed by atoms with Crippen molar-refractivity contribution in [3.63, 3.8) is 0 Å². The highest BCUT2D eigenvalue weighted by molar-refractivity contribution is 6.31. The second kappa shape index (κ2) is 7.28. The Balaban J connectivity index is 1.66. The van der Waals surface area contributed by atoms with Gasteiger partial charge in [-0.25, -0.2) is 0 Å². The number of nitrogens with one attached hydrogen (secondary N) is 1. The molecule has 1 atom stereocenters. The highest BCUT2D eigenvalue weighted by Gasteiger charge is 2.33. The highest BCUT2D eigenvalue weighted by Crippen LogP contribution is 2.24. The summed E-state index contributed by atoms with van der Waals surface area (Å²) in [6.45, 7) is 4.64. The predicted octanol–water partition coefficient (Wildman–Crippen LogP) is 3.42. The maximum absolute atomic E-state index is 12.7. The second-order valence-electron chi connectivity index (χ2n) is 6.51. The van der Waals surface area contributed by atoms with Crippen molar-refractivity contribution < 1.29 is 9.59 Å². The van der Waals surface area contributed by atoms with Crippen LogP contribution >= 0.6 is 11.6 Å². The van der Waals surface area contributed by atoms with Gasteiger partial charge in [-0.1, -0.05) is 35.9 Å². The van der Waals surface area contributed by atoms with Gasteiger partial charge >= 0.3 is 0 Å².